The van der Waals surface area contributed by atoms with Gasteiger partial charge in [0.1, 0.15) is 5.01 Å². The smallest absolute Gasteiger partial charge is 0.250 e. The van der Waals surface area contributed by atoms with Crippen molar-refractivity contribution in [1.82, 2.24) is 15.2 Å². The third kappa shape index (κ3) is 4.06. The average molecular weight is 328 g/mol. The minimum absolute atomic E-state index is 0.240. The Labute approximate surface area is 135 Å². The van der Waals surface area contributed by atoms with Gasteiger partial charge in [-0.15, -0.1) is 21.5 Å². The molecule has 0 spiro atoms. The summed E-state index contributed by atoms with van der Waals surface area (Å²) >= 11 is 2.86. The first-order chi connectivity index (χ1) is 10.8. The van der Waals surface area contributed by atoms with Gasteiger partial charge in [0.25, 0.3) is 0 Å². The number of benzene rings is 1. The molecular formula is C15H12N4OS2. The van der Waals surface area contributed by atoms with Crippen LogP contribution in [0.15, 0.2) is 47.3 Å². The fourth-order valence-electron chi connectivity index (χ4n) is 1.76. The first-order valence-corrected chi connectivity index (χ1v) is 8.29. The van der Waals surface area contributed by atoms with Gasteiger partial charge in [-0.25, -0.2) is 4.98 Å². The van der Waals surface area contributed by atoms with Crippen LogP contribution in [0.25, 0.3) is 6.08 Å². The van der Waals surface area contributed by atoms with Gasteiger partial charge in [0.05, 0.1) is 11.2 Å². The number of nitrogens with one attached hydrogen (secondary N) is 1. The van der Waals surface area contributed by atoms with E-state index in [0.717, 1.165) is 10.7 Å². The standard InChI is InChI=1S/C15H12N4OS2/c20-13(7-6-12-9-21-10-16-12)17-15-19-18-14(22-15)8-11-4-2-1-3-5-11/h1-7,9-10H,8H2,(H,17,19,20). The molecule has 0 atom stereocenters. The summed E-state index contributed by atoms with van der Waals surface area (Å²) in [6, 6.07) is 10.0. The van der Waals surface area contributed by atoms with Crippen LogP contribution in [0.2, 0.25) is 0 Å². The lowest BCUT2D eigenvalue weighted by molar-refractivity contribution is -0.111. The van der Waals surface area contributed by atoms with Crippen molar-refractivity contribution in [2.24, 2.45) is 0 Å². The summed E-state index contributed by atoms with van der Waals surface area (Å²) in [6.07, 6.45) is 3.81. The zero-order valence-corrected chi connectivity index (χ0v) is 13.1. The third-order valence-corrected chi connectivity index (χ3v) is 4.20. The Morgan fingerprint density at radius 2 is 2.09 bits per heavy atom. The maximum absolute atomic E-state index is 11.8. The molecule has 110 valence electrons. The number of hydrogen-bond acceptors (Lipinski definition) is 6. The van der Waals surface area contributed by atoms with Crippen LogP contribution in [-0.4, -0.2) is 21.1 Å². The number of aromatic nitrogens is 3. The Balaban J connectivity index is 1.58. The predicted octanol–water partition coefficient (Wildman–Crippen LogP) is 3.24. The highest BCUT2D eigenvalue weighted by molar-refractivity contribution is 7.15. The SMILES string of the molecule is O=C(C=Cc1cscn1)Nc1nnc(Cc2ccccc2)s1. The molecule has 1 amide bonds. The van der Waals surface area contributed by atoms with Crippen LogP contribution in [0.4, 0.5) is 5.13 Å². The number of carbonyl (C=O) groups is 1. The number of thiazole rings is 1. The number of carbonyl (C=O) groups excluding carboxylic acids is 1. The molecule has 0 radical (unpaired) electrons. The highest BCUT2D eigenvalue weighted by Crippen LogP contribution is 2.18. The first-order valence-electron chi connectivity index (χ1n) is 6.53. The van der Waals surface area contributed by atoms with Crippen molar-refractivity contribution in [3.8, 4) is 0 Å². The largest absolute Gasteiger partial charge is 0.297 e. The van der Waals surface area contributed by atoms with Gasteiger partial charge < -0.3 is 0 Å². The molecule has 3 rings (SSSR count). The van der Waals surface area contributed by atoms with Gasteiger partial charge in [-0.05, 0) is 11.6 Å². The van der Waals surface area contributed by atoms with E-state index in [-0.39, 0.29) is 5.91 Å². The molecule has 0 aliphatic rings. The molecule has 22 heavy (non-hydrogen) atoms. The summed E-state index contributed by atoms with van der Waals surface area (Å²) in [4.78, 5) is 15.9. The number of rotatable bonds is 5. The maximum Gasteiger partial charge on any atom is 0.250 e. The van der Waals surface area contributed by atoms with Gasteiger partial charge in [-0.1, -0.05) is 41.7 Å². The van der Waals surface area contributed by atoms with Gasteiger partial charge in [0, 0.05) is 17.9 Å². The lowest BCUT2D eigenvalue weighted by Crippen LogP contribution is -2.07. The molecule has 1 N–H and O–H groups in total. The van der Waals surface area contributed by atoms with Crippen molar-refractivity contribution in [3.63, 3.8) is 0 Å². The minimum atomic E-state index is -0.240. The van der Waals surface area contributed by atoms with E-state index in [4.69, 9.17) is 0 Å². The Morgan fingerprint density at radius 3 is 2.86 bits per heavy atom. The van der Waals surface area contributed by atoms with Crippen LogP contribution < -0.4 is 5.32 Å². The molecule has 0 fully saturated rings. The highest BCUT2D eigenvalue weighted by atomic mass is 32.1. The monoisotopic (exact) mass is 328 g/mol. The van der Waals surface area contributed by atoms with Gasteiger partial charge in [-0.2, -0.15) is 0 Å². The summed E-state index contributed by atoms with van der Waals surface area (Å²) < 4.78 is 0. The molecular weight excluding hydrogens is 316 g/mol. The minimum Gasteiger partial charge on any atom is -0.297 e. The van der Waals surface area contributed by atoms with Crippen LogP contribution in [0.5, 0.6) is 0 Å². The Kier molecular flexibility index (Phi) is 4.67. The summed E-state index contributed by atoms with van der Waals surface area (Å²) in [5, 5.41) is 14.0. The van der Waals surface area contributed by atoms with Gasteiger partial charge in [-0.3, -0.25) is 10.1 Å². The molecule has 3 aromatic rings. The van der Waals surface area contributed by atoms with Gasteiger partial charge in [0.2, 0.25) is 11.0 Å². The lowest BCUT2D eigenvalue weighted by atomic mass is 10.2. The van der Waals surface area contributed by atoms with Gasteiger partial charge >= 0.3 is 0 Å². The Bertz CT molecular complexity index is 766. The molecule has 2 heterocycles. The molecule has 1 aromatic carbocycles. The Morgan fingerprint density at radius 1 is 1.23 bits per heavy atom. The van der Waals surface area contributed by atoms with E-state index >= 15 is 0 Å². The van der Waals surface area contributed by atoms with E-state index in [1.54, 1.807) is 11.6 Å². The van der Waals surface area contributed by atoms with Crippen molar-refractivity contribution < 1.29 is 4.79 Å². The average Bonchev–Trinajstić information content (AvgIpc) is 3.18. The summed E-state index contributed by atoms with van der Waals surface area (Å²) in [7, 11) is 0. The summed E-state index contributed by atoms with van der Waals surface area (Å²) in [6.45, 7) is 0. The summed E-state index contributed by atoms with van der Waals surface area (Å²) in [5.41, 5.74) is 3.65. The first kappa shape index (κ1) is 14.6. The van der Waals surface area contributed by atoms with Crippen LogP contribution >= 0.6 is 22.7 Å². The molecule has 0 aliphatic carbocycles. The van der Waals surface area contributed by atoms with Crippen LogP contribution in [0.1, 0.15) is 16.3 Å². The molecule has 0 saturated heterocycles. The topological polar surface area (TPSA) is 67.8 Å². The second kappa shape index (κ2) is 7.06. The summed E-state index contributed by atoms with van der Waals surface area (Å²) in [5.74, 6) is -0.240. The second-order valence-electron chi connectivity index (χ2n) is 4.40. The molecule has 0 bridgehead atoms. The van der Waals surface area contributed by atoms with E-state index in [1.165, 1.54) is 34.3 Å². The Hall–Kier alpha value is -2.38. The third-order valence-electron chi connectivity index (χ3n) is 2.75. The number of amides is 1. The number of hydrogen-bond donors (Lipinski definition) is 1. The maximum atomic E-state index is 11.8. The van der Waals surface area contributed by atoms with Crippen molar-refractivity contribution in [2.45, 2.75) is 6.42 Å². The molecule has 0 saturated carbocycles. The zero-order chi connectivity index (χ0) is 15.2. The zero-order valence-electron chi connectivity index (χ0n) is 11.5. The molecule has 7 heteroatoms. The highest BCUT2D eigenvalue weighted by Gasteiger charge is 2.07. The molecule has 2 aromatic heterocycles. The van der Waals surface area contributed by atoms with Crippen molar-refractivity contribution in [1.29, 1.82) is 0 Å². The molecule has 5 nitrogen and oxygen atoms in total. The normalized spacial score (nSPS) is 10.9. The second-order valence-corrected chi connectivity index (χ2v) is 6.18. The van der Waals surface area contributed by atoms with E-state index in [1.807, 2.05) is 35.7 Å². The van der Waals surface area contributed by atoms with Gasteiger partial charge in [0.15, 0.2) is 0 Å². The van der Waals surface area contributed by atoms with Crippen molar-refractivity contribution in [3.05, 3.63) is 63.6 Å². The van der Waals surface area contributed by atoms with Crippen molar-refractivity contribution in [2.75, 3.05) is 5.32 Å². The quantitative estimate of drug-likeness (QED) is 0.730. The fraction of sp³-hybridized carbons (Fsp3) is 0.0667. The van der Waals surface area contributed by atoms with Crippen LogP contribution in [0, 0.1) is 0 Å². The van der Waals surface area contributed by atoms with E-state index in [0.29, 0.717) is 11.6 Å². The number of anilines is 1. The lowest BCUT2D eigenvalue weighted by Gasteiger charge is -1.95. The molecule has 0 unspecified atom stereocenters. The van der Waals surface area contributed by atoms with Crippen LogP contribution in [-0.2, 0) is 11.2 Å². The predicted molar refractivity (Wildman–Crippen MR) is 88.9 cm³/mol. The van der Waals surface area contributed by atoms with E-state index in [9.17, 15) is 4.79 Å². The van der Waals surface area contributed by atoms with E-state index in [2.05, 4.69) is 20.5 Å². The van der Waals surface area contributed by atoms with Crippen molar-refractivity contribution >= 4 is 39.8 Å². The fourth-order valence-corrected chi connectivity index (χ4v) is 3.06. The van der Waals surface area contributed by atoms with E-state index < -0.39 is 0 Å². The van der Waals surface area contributed by atoms with Crippen LogP contribution in [0.3, 0.4) is 0 Å². The molecule has 0 aliphatic heterocycles. The number of nitrogens with zero attached hydrogens (tertiary/aromatic N) is 3.